The van der Waals surface area contributed by atoms with E-state index in [1.165, 1.54) is 0 Å². The number of rotatable bonds is 4. The molecule has 2 aromatic rings. The van der Waals surface area contributed by atoms with Gasteiger partial charge in [-0.15, -0.1) is 0 Å². The zero-order valence-corrected chi connectivity index (χ0v) is 9.92. The standard InChI is InChI=1S/C13H13NO4/c1-2-17-13(16)11-10(8-15)18-14-12(11)9-6-4-3-5-7-9/h3-7,15H,2,8H2,1H3. The van der Waals surface area contributed by atoms with Crippen LogP contribution in [0.5, 0.6) is 0 Å². The van der Waals surface area contributed by atoms with Crippen molar-refractivity contribution in [2.45, 2.75) is 13.5 Å². The summed E-state index contributed by atoms with van der Waals surface area (Å²) >= 11 is 0. The molecular formula is C13H13NO4. The molecule has 0 atom stereocenters. The number of benzene rings is 1. The van der Waals surface area contributed by atoms with E-state index in [1.54, 1.807) is 6.92 Å². The number of nitrogens with zero attached hydrogens (tertiary/aromatic N) is 1. The van der Waals surface area contributed by atoms with Crippen LogP contribution in [0.3, 0.4) is 0 Å². The van der Waals surface area contributed by atoms with E-state index in [0.29, 0.717) is 5.69 Å². The number of carbonyl (C=O) groups excluding carboxylic acids is 1. The van der Waals surface area contributed by atoms with Gasteiger partial charge in [-0.2, -0.15) is 0 Å². The third-order valence-corrected chi connectivity index (χ3v) is 2.43. The van der Waals surface area contributed by atoms with Crippen LogP contribution in [0.15, 0.2) is 34.9 Å². The molecule has 0 radical (unpaired) electrons. The molecule has 5 heteroatoms. The summed E-state index contributed by atoms with van der Waals surface area (Å²) in [6.07, 6.45) is 0. The fourth-order valence-corrected chi connectivity index (χ4v) is 1.64. The Morgan fingerprint density at radius 2 is 2.11 bits per heavy atom. The highest BCUT2D eigenvalue weighted by molar-refractivity contribution is 5.97. The van der Waals surface area contributed by atoms with Crippen LogP contribution in [-0.2, 0) is 11.3 Å². The lowest BCUT2D eigenvalue weighted by Gasteiger charge is -2.02. The molecule has 1 N–H and O–H groups in total. The van der Waals surface area contributed by atoms with Crippen molar-refractivity contribution in [3.05, 3.63) is 41.7 Å². The first kappa shape index (κ1) is 12.3. The molecule has 0 spiro atoms. The Labute approximate surface area is 104 Å². The number of hydrogen-bond donors (Lipinski definition) is 1. The predicted octanol–water partition coefficient (Wildman–Crippen LogP) is 2.01. The predicted molar refractivity (Wildman–Crippen MR) is 63.8 cm³/mol. The van der Waals surface area contributed by atoms with Gasteiger partial charge in [-0.25, -0.2) is 4.79 Å². The van der Waals surface area contributed by atoms with Crippen LogP contribution in [0, 0.1) is 0 Å². The van der Waals surface area contributed by atoms with Gasteiger partial charge in [0.15, 0.2) is 5.76 Å². The molecule has 0 unspecified atom stereocenters. The molecule has 0 saturated heterocycles. The summed E-state index contributed by atoms with van der Waals surface area (Å²) in [7, 11) is 0. The van der Waals surface area contributed by atoms with Crippen LogP contribution >= 0.6 is 0 Å². The smallest absolute Gasteiger partial charge is 0.344 e. The monoisotopic (exact) mass is 247 g/mol. The number of ether oxygens (including phenoxy) is 1. The third-order valence-electron chi connectivity index (χ3n) is 2.43. The van der Waals surface area contributed by atoms with E-state index >= 15 is 0 Å². The summed E-state index contributed by atoms with van der Waals surface area (Å²) < 4.78 is 9.91. The van der Waals surface area contributed by atoms with Crippen LogP contribution in [0.2, 0.25) is 0 Å². The highest BCUT2D eigenvalue weighted by Crippen LogP contribution is 2.26. The maximum Gasteiger partial charge on any atom is 0.344 e. The first-order valence-electron chi connectivity index (χ1n) is 5.59. The van der Waals surface area contributed by atoms with Gasteiger partial charge < -0.3 is 14.4 Å². The first-order chi connectivity index (χ1) is 8.77. The Morgan fingerprint density at radius 1 is 1.39 bits per heavy atom. The molecule has 0 amide bonds. The van der Waals surface area contributed by atoms with Gasteiger partial charge in [0.25, 0.3) is 0 Å². The fourth-order valence-electron chi connectivity index (χ4n) is 1.64. The number of carbonyl (C=O) groups is 1. The normalized spacial score (nSPS) is 10.3. The SMILES string of the molecule is CCOC(=O)c1c(-c2ccccc2)noc1CO. The summed E-state index contributed by atoms with van der Waals surface area (Å²) in [6.45, 7) is 1.57. The van der Waals surface area contributed by atoms with E-state index in [1.807, 2.05) is 30.3 Å². The Hall–Kier alpha value is -2.14. The molecule has 2 rings (SSSR count). The van der Waals surface area contributed by atoms with Crippen LogP contribution in [-0.4, -0.2) is 22.8 Å². The second kappa shape index (κ2) is 5.46. The molecule has 0 aliphatic carbocycles. The minimum atomic E-state index is -0.540. The van der Waals surface area contributed by atoms with Crippen molar-refractivity contribution < 1.29 is 19.2 Å². The van der Waals surface area contributed by atoms with Crippen molar-refractivity contribution in [1.29, 1.82) is 0 Å². The summed E-state index contributed by atoms with van der Waals surface area (Å²) in [6, 6.07) is 9.14. The van der Waals surface area contributed by atoms with Crippen molar-refractivity contribution in [3.63, 3.8) is 0 Å². The van der Waals surface area contributed by atoms with Crippen molar-refractivity contribution in [1.82, 2.24) is 5.16 Å². The zero-order chi connectivity index (χ0) is 13.0. The number of aliphatic hydroxyl groups excluding tert-OH is 1. The minimum Gasteiger partial charge on any atom is -0.462 e. The number of hydrogen-bond acceptors (Lipinski definition) is 5. The van der Waals surface area contributed by atoms with Gasteiger partial charge in [0.05, 0.1) is 6.61 Å². The van der Waals surface area contributed by atoms with Crippen LogP contribution in [0.1, 0.15) is 23.0 Å². The van der Waals surface area contributed by atoms with Crippen molar-refractivity contribution >= 4 is 5.97 Å². The van der Waals surface area contributed by atoms with Gasteiger partial charge >= 0.3 is 5.97 Å². The lowest BCUT2D eigenvalue weighted by Crippen LogP contribution is -2.07. The lowest BCUT2D eigenvalue weighted by molar-refractivity contribution is 0.0521. The lowest BCUT2D eigenvalue weighted by atomic mass is 10.1. The maximum atomic E-state index is 11.8. The van der Waals surface area contributed by atoms with E-state index in [9.17, 15) is 4.79 Å². The molecule has 0 fully saturated rings. The Kier molecular flexibility index (Phi) is 3.74. The zero-order valence-electron chi connectivity index (χ0n) is 9.92. The largest absolute Gasteiger partial charge is 0.462 e. The minimum absolute atomic E-state index is 0.118. The molecule has 5 nitrogen and oxygen atoms in total. The van der Waals surface area contributed by atoms with E-state index in [0.717, 1.165) is 5.56 Å². The summed E-state index contributed by atoms with van der Waals surface area (Å²) in [5.41, 5.74) is 1.31. The Balaban J connectivity index is 2.49. The van der Waals surface area contributed by atoms with Crippen molar-refractivity contribution in [3.8, 4) is 11.3 Å². The number of aliphatic hydroxyl groups is 1. The molecular weight excluding hydrogens is 234 g/mol. The van der Waals surface area contributed by atoms with Crippen LogP contribution in [0.4, 0.5) is 0 Å². The van der Waals surface area contributed by atoms with Gasteiger partial charge in [0.1, 0.15) is 17.9 Å². The second-order valence-corrected chi connectivity index (χ2v) is 3.57. The van der Waals surface area contributed by atoms with Gasteiger partial charge in [-0.3, -0.25) is 0 Å². The van der Waals surface area contributed by atoms with Gasteiger partial charge in [0, 0.05) is 5.56 Å². The van der Waals surface area contributed by atoms with Gasteiger partial charge in [-0.1, -0.05) is 35.5 Å². The average molecular weight is 247 g/mol. The highest BCUT2D eigenvalue weighted by Gasteiger charge is 2.24. The van der Waals surface area contributed by atoms with E-state index in [-0.39, 0.29) is 17.9 Å². The topological polar surface area (TPSA) is 72.6 Å². The molecule has 1 heterocycles. The van der Waals surface area contributed by atoms with Gasteiger partial charge in [0.2, 0.25) is 0 Å². The van der Waals surface area contributed by atoms with E-state index in [4.69, 9.17) is 14.4 Å². The van der Waals surface area contributed by atoms with E-state index < -0.39 is 12.6 Å². The van der Waals surface area contributed by atoms with Gasteiger partial charge in [-0.05, 0) is 6.92 Å². The molecule has 0 aliphatic rings. The third kappa shape index (κ3) is 2.26. The quantitative estimate of drug-likeness (QED) is 0.837. The molecule has 94 valence electrons. The molecule has 0 saturated carbocycles. The highest BCUT2D eigenvalue weighted by atomic mass is 16.5. The Bertz CT molecular complexity index is 533. The molecule has 1 aromatic carbocycles. The summed E-state index contributed by atoms with van der Waals surface area (Å²) in [5.74, 6) is -0.422. The maximum absolute atomic E-state index is 11.8. The number of esters is 1. The van der Waals surface area contributed by atoms with Crippen LogP contribution < -0.4 is 0 Å². The van der Waals surface area contributed by atoms with E-state index in [2.05, 4.69) is 5.16 Å². The number of aromatic nitrogens is 1. The van der Waals surface area contributed by atoms with Crippen LogP contribution in [0.25, 0.3) is 11.3 Å². The molecule has 0 aliphatic heterocycles. The van der Waals surface area contributed by atoms with Crippen molar-refractivity contribution in [2.75, 3.05) is 6.61 Å². The first-order valence-corrected chi connectivity index (χ1v) is 5.59. The molecule has 18 heavy (non-hydrogen) atoms. The average Bonchev–Trinajstić information content (AvgIpc) is 2.84. The Morgan fingerprint density at radius 3 is 2.72 bits per heavy atom. The fraction of sp³-hybridized carbons (Fsp3) is 0.231. The van der Waals surface area contributed by atoms with Crippen molar-refractivity contribution in [2.24, 2.45) is 0 Å². The summed E-state index contributed by atoms with van der Waals surface area (Å²) in [4.78, 5) is 11.8. The summed E-state index contributed by atoms with van der Waals surface area (Å²) in [5, 5.41) is 13.0. The molecule has 1 aromatic heterocycles. The second-order valence-electron chi connectivity index (χ2n) is 3.57. The molecule has 0 bridgehead atoms.